The number of nitrogens with one attached hydrogen (secondary N) is 2. The first-order valence-electron chi connectivity index (χ1n) is 6.18. The van der Waals surface area contributed by atoms with Gasteiger partial charge in [-0.05, 0) is 13.0 Å². The Hall–Kier alpha value is -0.790. The summed E-state index contributed by atoms with van der Waals surface area (Å²) in [6.45, 7) is 5.89. The van der Waals surface area contributed by atoms with Gasteiger partial charge in [-0.15, -0.1) is 11.8 Å². The number of hydrogen-bond donors (Lipinski definition) is 3. The highest BCUT2D eigenvalue weighted by Gasteiger charge is 2.08. The number of carboxylic acids is 1. The quantitative estimate of drug-likeness (QED) is 0.504. The van der Waals surface area contributed by atoms with Gasteiger partial charge in [0.2, 0.25) is 5.91 Å². The molecule has 7 heteroatoms. The summed E-state index contributed by atoms with van der Waals surface area (Å²) in [5.74, 6) is -0.762. The second kappa shape index (κ2) is 9.18. The lowest BCUT2D eigenvalue weighted by molar-refractivity contribution is -0.133. The zero-order valence-electron chi connectivity index (χ0n) is 10.5. The molecular formula is C11H21N3O3S. The van der Waals surface area contributed by atoms with Crippen LogP contribution < -0.4 is 10.6 Å². The molecule has 6 nitrogen and oxygen atoms in total. The molecule has 0 atom stereocenters. The van der Waals surface area contributed by atoms with E-state index in [-0.39, 0.29) is 17.4 Å². The highest BCUT2D eigenvalue weighted by Crippen LogP contribution is 1.98. The number of nitrogens with zero attached hydrogens (tertiary/aromatic N) is 1. The minimum Gasteiger partial charge on any atom is -0.481 e. The molecule has 1 heterocycles. The third-order valence-electron chi connectivity index (χ3n) is 2.64. The van der Waals surface area contributed by atoms with Crippen LogP contribution in [0.1, 0.15) is 6.42 Å². The maximum atomic E-state index is 11.3. The number of piperazine rings is 1. The summed E-state index contributed by atoms with van der Waals surface area (Å²) in [6.07, 6.45) is 0.940. The minimum atomic E-state index is -0.883. The van der Waals surface area contributed by atoms with Gasteiger partial charge in [-0.25, -0.2) is 0 Å². The molecule has 1 amide bonds. The van der Waals surface area contributed by atoms with Crippen molar-refractivity contribution in [2.75, 3.05) is 50.8 Å². The minimum absolute atomic E-state index is 0.0196. The predicted octanol–water partition coefficient (Wildman–Crippen LogP) is -0.784. The molecule has 0 unspecified atom stereocenters. The van der Waals surface area contributed by atoms with Crippen LogP contribution in [0.2, 0.25) is 0 Å². The van der Waals surface area contributed by atoms with Gasteiger partial charge in [0.1, 0.15) is 0 Å². The topological polar surface area (TPSA) is 81.7 Å². The van der Waals surface area contributed by atoms with Crippen LogP contribution in [0.3, 0.4) is 0 Å². The third kappa shape index (κ3) is 7.52. The summed E-state index contributed by atoms with van der Waals surface area (Å²) in [5, 5.41) is 14.5. The molecule has 0 radical (unpaired) electrons. The smallest absolute Gasteiger partial charge is 0.313 e. The van der Waals surface area contributed by atoms with Crippen LogP contribution in [-0.4, -0.2) is 72.7 Å². The second-order valence-corrected chi connectivity index (χ2v) is 5.17. The lowest BCUT2D eigenvalue weighted by atomic mass is 10.3. The van der Waals surface area contributed by atoms with Gasteiger partial charge in [0.25, 0.3) is 0 Å². The molecular weight excluding hydrogens is 254 g/mol. The molecule has 3 N–H and O–H groups in total. The average Bonchev–Trinajstić information content (AvgIpc) is 2.35. The van der Waals surface area contributed by atoms with Crippen LogP contribution in [0, 0.1) is 0 Å². The fourth-order valence-corrected chi connectivity index (χ4v) is 2.31. The zero-order chi connectivity index (χ0) is 13.2. The normalized spacial score (nSPS) is 16.4. The van der Waals surface area contributed by atoms with Crippen molar-refractivity contribution in [2.24, 2.45) is 0 Å². The molecule has 0 bridgehead atoms. The van der Waals surface area contributed by atoms with Gasteiger partial charge in [0, 0.05) is 32.7 Å². The van der Waals surface area contributed by atoms with Crippen LogP contribution >= 0.6 is 11.8 Å². The van der Waals surface area contributed by atoms with Gasteiger partial charge >= 0.3 is 5.97 Å². The molecule has 1 aliphatic heterocycles. The van der Waals surface area contributed by atoms with E-state index in [1.165, 1.54) is 0 Å². The third-order valence-corrected chi connectivity index (χ3v) is 3.56. The SMILES string of the molecule is O=C(O)CSCC(=O)NCCCN1CCNCC1. The van der Waals surface area contributed by atoms with E-state index in [4.69, 9.17) is 5.11 Å². The van der Waals surface area contributed by atoms with Crippen molar-refractivity contribution in [3.8, 4) is 0 Å². The molecule has 0 aromatic carbocycles. The Morgan fingerprint density at radius 2 is 2.00 bits per heavy atom. The molecule has 1 saturated heterocycles. The number of carboxylic acid groups (broad SMARTS) is 1. The molecule has 104 valence electrons. The number of carbonyl (C=O) groups excluding carboxylic acids is 1. The summed E-state index contributed by atoms with van der Waals surface area (Å²) in [5.41, 5.74) is 0. The van der Waals surface area contributed by atoms with Crippen molar-refractivity contribution >= 4 is 23.6 Å². The molecule has 0 saturated carbocycles. The van der Waals surface area contributed by atoms with Gasteiger partial charge in [-0.1, -0.05) is 0 Å². The Kier molecular flexibility index (Phi) is 7.79. The van der Waals surface area contributed by atoms with Crippen molar-refractivity contribution < 1.29 is 14.7 Å². The van der Waals surface area contributed by atoms with Crippen molar-refractivity contribution in [3.05, 3.63) is 0 Å². The van der Waals surface area contributed by atoms with Crippen LogP contribution in [-0.2, 0) is 9.59 Å². The number of rotatable bonds is 8. The fourth-order valence-electron chi connectivity index (χ4n) is 1.75. The monoisotopic (exact) mass is 275 g/mol. The van der Waals surface area contributed by atoms with Crippen molar-refractivity contribution in [2.45, 2.75) is 6.42 Å². The van der Waals surface area contributed by atoms with Gasteiger partial charge in [0.15, 0.2) is 0 Å². The van der Waals surface area contributed by atoms with Crippen molar-refractivity contribution in [3.63, 3.8) is 0 Å². The molecule has 0 aliphatic carbocycles. The average molecular weight is 275 g/mol. The van der Waals surface area contributed by atoms with Gasteiger partial charge in [-0.3, -0.25) is 9.59 Å². The number of amides is 1. The Labute approximate surface area is 111 Å². The van der Waals surface area contributed by atoms with Crippen LogP contribution in [0.25, 0.3) is 0 Å². The van der Waals surface area contributed by atoms with E-state index in [1.807, 2.05) is 0 Å². The lowest BCUT2D eigenvalue weighted by Gasteiger charge is -2.27. The summed E-state index contributed by atoms with van der Waals surface area (Å²) < 4.78 is 0. The maximum Gasteiger partial charge on any atom is 0.313 e. The van der Waals surface area contributed by atoms with E-state index in [2.05, 4.69) is 15.5 Å². The Morgan fingerprint density at radius 3 is 2.67 bits per heavy atom. The first kappa shape index (κ1) is 15.3. The molecule has 1 rings (SSSR count). The molecule has 0 aromatic rings. The highest BCUT2D eigenvalue weighted by atomic mass is 32.2. The number of thioether (sulfide) groups is 1. The van der Waals surface area contributed by atoms with E-state index in [0.717, 1.165) is 50.9 Å². The first-order valence-corrected chi connectivity index (χ1v) is 7.33. The van der Waals surface area contributed by atoms with E-state index >= 15 is 0 Å². The molecule has 0 spiro atoms. The lowest BCUT2D eigenvalue weighted by Crippen LogP contribution is -2.44. The second-order valence-electron chi connectivity index (χ2n) is 4.18. The van der Waals surface area contributed by atoms with Gasteiger partial charge in [-0.2, -0.15) is 0 Å². The number of hydrogen-bond acceptors (Lipinski definition) is 5. The maximum absolute atomic E-state index is 11.3. The fraction of sp³-hybridized carbons (Fsp3) is 0.818. The number of aliphatic carboxylic acids is 1. The Balaban J connectivity index is 1.93. The first-order chi connectivity index (χ1) is 8.68. The van der Waals surface area contributed by atoms with E-state index in [9.17, 15) is 9.59 Å². The zero-order valence-corrected chi connectivity index (χ0v) is 11.3. The molecule has 18 heavy (non-hydrogen) atoms. The van der Waals surface area contributed by atoms with Gasteiger partial charge < -0.3 is 20.6 Å². The molecule has 0 aromatic heterocycles. The molecule has 1 aliphatic rings. The van der Waals surface area contributed by atoms with E-state index in [0.29, 0.717) is 6.54 Å². The summed E-state index contributed by atoms with van der Waals surface area (Å²) in [4.78, 5) is 24.0. The Morgan fingerprint density at radius 1 is 1.28 bits per heavy atom. The van der Waals surface area contributed by atoms with Crippen molar-refractivity contribution in [1.82, 2.24) is 15.5 Å². The summed E-state index contributed by atoms with van der Waals surface area (Å²) in [6, 6.07) is 0. The standard InChI is InChI=1S/C11H21N3O3S/c15-10(8-18-9-11(16)17)13-2-1-5-14-6-3-12-4-7-14/h12H,1-9H2,(H,13,15)(H,16,17). The summed E-state index contributed by atoms with van der Waals surface area (Å²) in [7, 11) is 0. The van der Waals surface area contributed by atoms with Crippen LogP contribution in [0.5, 0.6) is 0 Å². The Bertz CT molecular complexity index is 270. The largest absolute Gasteiger partial charge is 0.481 e. The molecule has 1 fully saturated rings. The highest BCUT2D eigenvalue weighted by molar-refractivity contribution is 8.00. The van der Waals surface area contributed by atoms with Gasteiger partial charge in [0.05, 0.1) is 11.5 Å². The van der Waals surface area contributed by atoms with E-state index < -0.39 is 5.97 Å². The van der Waals surface area contributed by atoms with Crippen LogP contribution in [0.4, 0.5) is 0 Å². The number of carbonyl (C=O) groups is 2. The van der Waals surface area contributed by atoms with Crippen molar-refractivity contribution in [1.29, 1.82) is 0 Å². The van der Waals surface area contributed by atoms with Crippen LogP contribution in [0.15, 0.2) is 0 Å². The summed E-state index contributed by atoms with van der Waals surface area (Å²) >= 11 is 1.13. The predicted molar refractivity (Wildman–Crippen MR) is 71.9 cm³/mol. The van der Waals surface area contributed by atoms with E-state index in [1.54, 1.807) is 0 Å².